The Morgan fingerprint density at radius 2 is 1.63 bits per heavy atom. The highest BCUT2D eigenvalue weighted by atomic mass is 28.4. The highest BCUT2D eigenvalue weighted by Gasteiger charge is 2.40. The molecule has 0 spiro atoms. The van der Waals surface area contributed by atoms with E-state index in [1.165, 1.54) is 0 Å². The van der Waals surface area contributed by atoms with Crippen LogP contribution in [0.25, 0.3) is 5.70 Å². The van der Waals surface area contributed by atoms with Crippen LogP contribution in [-0.2, 0) is 8.85 Å². The van der Waals surface area contributed by atoms with Crippen LogP contribution >= 0.6 is 0 Å². The van der Waals surface area contributed by atoms with Crippen molar-refractivity contribution in [1.82, 2.24) is 4.57 Å². The van der Waals surface area contributed by atoms with E-state index < -0.39 is 22.2 Å². The molecule has 0 N–H and O–H groups in total. The Balaban J connectivity index is 1.96. The summed E-state index contributed by atoms with van der Waals surface area (Å²) in [4.78, 5) is 13.7. The van der Waals surface area contributed by atoms with Gasteiger partial charge in [-0.1, -0.05) is 41.5 Å². The number of rotatable bonds is 9. The molecule has 8 heteroatoms. The molecule has 0 saturated carbocycles. The van der Waals surface area contributed by atoms with Gasteiger partial charge in [-0.3, -0.25) is 9.36 Å². The minimum Gasteiger partial charge on any atom is -0.483 e. The van der Waals surface area contributed by atoms with Crippen LogP contribution in [0.15, 0.2) is 47.4 Å². The third kappa shape index (κ3) is 7.69. The van der Waals surface area contributed by atoms with Gasteiger partial charge in [0.05, 0.1) is 23.4 Å². The van der Waals surface area contributed by atoms with Gasteiger partial charge in [0.1, 0.15) is 11.4 Å². The quantitative estimate of drug-likeness (QED) is 0.215. The molecule has 0 fully saturated rings. The average Bonchev–Trinajstić information content (AvgIpc) is 2.83. The number of aromatic nitrogens is 1. The summed E-state index contributed by atoms with van der Waals surface area (Å²) in [5.74, 6) is 0.656. The van der Waals surface area contributed by atoms with E-state index in [0.29, 0.717) is 17.9 Å². The highest BCUT2D eigenvalue weighted by Crippen LogP contribution is 2.42. The Labute approximate surface area is 249 Å². The van der Waals surface area contributed by atoms with Gasteiger partial charge in [-0.05, 0) is 98.9 Å². The molecule has 1 aliphatic heterocycles. The normalized spacial score (nSPS) is 16.3. The lowest BCUT2D eigenvalue weighted by molar-refractivity contribution is 0.157. The van der Waals surface area contributed by atoms with E-state index in [0.717, 1.165) is 29.7 Å². The van der Waals surface area contributed by atoms with E-state index >= 15 is 0 Å². The van der Waals surface area contributed by atoms with Crippen molar-refractivity contribution in [1.29, 1.82) is 5.26 Å². The first-order valence-corrected chi connectivity index (χ1v) is 20.5. The van der Waals surface area contributed by atoms with Gasteiger partial charge in [-0.25, -0.2) is 0 Å². The zero-order valence-electron chi connectivity index (χ0n) is 27.3. The molecule has 1 unspecified atom stereocenters. The van der Waals surface area contributed by atoms with Crippen LogP contribution in [-0.4, -0.2) is 33.4 Å². The number of ether oxygens (including phenoxy) is 1. The van der Waals surface area contributed by atoms with E-state index in [1.807, 2.05) is 32.2 Å². The predicted octanol–water partition coefficient (Wildman–Crippen LogP) is 8.65. The second kappa shape index (κ2) is 11.7. The molecule has 0 radical (unpaired) electrons. The lowest BCUT2D eigenvalue weighted by atomic mass is 9.97. The van der Waals surface area contributed by atoms with Crippen LogP contribution in [0.5, 0.6) is 5.75 Å². The van der Waals surface area contributed by atoms with E-state index in [4.69, 9.17) is 13.6 Å². The van der Waals surface area contributed by atoms with Crippen LogP contribution in [0, 0.1) is 11.3 Å². The van der Waals surface area contributed by atoms with Gasteiger partial charge in [-0.2, -0.15) is 5.26 Å². The lowest BCUT2D eigenvalue weighted by Gasteiger charge is -2.40. The van der Waals surface area contributed by atoms with Crippen LogP contribution in [0.1, 0.15) is 91.0 Å². The number of pyridine rings is 1. The number of hydrogen-bond acceptors (Lipinski definition) is 5. The van der Waals surface area contributed by atoms with Crippen molar-refractivity contribution in [3.63, 3.8) is 0 Å². The minimum atomic E-state index is -2.12. The van der Waals surface area contributed by atoms with Crippen LogP contribution < -0.4 is 10.3 Å². The number of hydrogen-bond donors (Lipinski definition) is 0. The Morgan fingerprint density at radius 1 is 1.00 bits per heavy atom. The third-order valence-electron chi connectivity index (χ3n) is 8.94. The fourth-order valence-corrected chi connectivity index (χ4v) is 6.75. The second-order valence-corrected chi connectivity index (χ2v) is 24.4. The molecule has 1 aromatic carbocycles. The van der Waals surface area contributed by atoms with Crippen LogP contribution in [0.3, 0.4) is 0 Å². The maximum atomic E-state index is 13.7. The minimum absolute atomic E-state index is 0.0402. The number of nitrogens with zero attached hydrogens (tertiary/aromatic N) is 2. The largest absolute Gasteiger partial charge is 0.483 e. The Bertz CT molecular complexity index is 1390. The van der Waals surface area contributed by atoms with Crippen LogP contribution in [0.4, 0.5) is 0 Å². The molecule has 2 aromatic rings. The fraction of sp³-hybridized carbons (Fsp3) is 0.576. The van der Waals surface area contributed by atoms with Crippen molar-refractivity contribution in [2.24, 2.45) is 0 Å². The zero-order valence-corrected chi connectivity index (χ0v) is 29.3. The fourth-order valence-electron chi connectivity index (χ4n) is 4.34. The van der Waals surface area contributed by atoms with Crippen LogP contribution in [0.2, 0.25) is 36.3 Å². The molecule has 224 valence electrons. The number of fused-ring (bicyclic) bond motifs is 1. The van der Waals surface area contributed by atoms with E-state index in [9.17, 15) is 10.1 Å². The summed E-state index contributed by atoms with van der Waals surface area (Å²) in [5, 5.41) is 9.68. The van der Waals surface area contributed by atoms with Crippen molar-refractivity contribution in [2.75, 3.05) is 6.61 Å². The predicted molar refractivity (Wildman–Crippen MR) is 173 cm³/mol. The van der Waals surface area contributed by atoms with Crippen molar-refractivity contribution in [3.05, 3.63) is 69.6 Å². The maximum absolute atomic E-state index is 13.7. The summed E-state index contributed by atoms with van der Waals surface area (Å²) in [5.41, 5.74) is 2.12. The van der Waals surface area contributed by atoms with Gasteiger partial charge >= 0.3 is 0 Å². The molecule has 0 aliphatic carbocycles. The molecule has 1 aromatic heterocycles. The summed E-state index contributed by atoms with van der Waals surface area (Å²) < 4.78 is 21.2. The summed E-state index contributed by atoms with van der Waals surface area (Å²) >= 11 is 0. The van der Waals surface area contributed by atoms with Gasteiger partial charge in [0, 0.05) is 24.4 Å². The first kappa shape index (κ1) is 33.1. The summed E-state index contributed by atoms with van der Waals surface area (Å²) in [6.45, 7) is 27.2. The molecular weight excluding hydrogens is 545 g/mol. The zero-order chi connectivity index (χ0) is 31.0. The average molecular weight is 595 g/mol. The first-order valence-electron chi connectivity index (χ1n) is 14.7. The molecule has 0 bridgehead atoms. The SMILES string of the molecule is CC1(C)C=C(n2ccc(C(CCCO[Si](C)(C)C(C)(C)C)O[Si](C)(C)C(C)(C)C)cc2=O)c2cc(C#N)ccc2O1. The molecular formula is C33H50N2O4Si2. The Kier molecular flexibility index (Phi) is 9.42. The molecule has 1 aliphatic rings. The van der Waals surface area contributed by atoms with Gasteiger partial charge in [0.25, 0.3) is 5.56 Å². The smallest absolute Gasteiger partial charge is 0.255 e. The topological polar surface area (TPSA) is 73.5 Å². The molecule has 0 saturated heterocycles. The van der Waals surface area contributed by atoms with Crippen molar-refractivity contribution in [3.8, 4) is 11.8 Å². The summed E-state index contributed by atoms with van der Waals surface area (Å²) in [6.07, 6.45) is 5.22. The molecule has 0 amide bonds. The second-order valence-electron chi connectivity index (χ2n) is 14.8. The van der Waals surface area contributed by atoms with Gasteiger partial charge in [-0.15, -0.1) is 0 Å². The van der Waals surface area contributed by atoms with Crippen molar-refractivity contribution >= 4 is 22.3 Å². The van der Waals surface area contributed by atoms with Gasteiger partial charge in [0.2, 0.25) is 0 Å². The molecule has 3 rings (SSSR count). The number of benzene rings is 1. The van der Waals surface area contributed by atoms with Crippen molar-refractivity contribution in [2.45, 2.75) is 116 Å². The Morgan fingerprint density at radius 3 is 2.20 bits per heavy atom. The molecule has 1 atom stereocenters. The Hall–Kier alpha value is -2.45. The molecule has 2 heterocycles. The standard InChI is InChI=1S/C33H50N2O4Si2/c1-31(2,3)40(9,10)37-19-13-14-28(39-41(11,12)32(4,5)6)25-17-18-35(30(36)21-25)27-22-33(7,8)38-29-16-15-24(23-34)20-26(27)29/h15-18,20-22,28H,13-14,19H2,1-12H3. The lowest BCUT2D eigenvalue weighted by Crippen LogP contribution is -2.42. The third-order valence-corrected chi connectivity index (χ3v) is 18.0. The molecule has 6 nitrogen and oxygen atoms in total. The van der Waals surface area contributed by atoms with Gasteiger partial charge < -0.3 is 13.6 Å². The maximum Gasteiger partial charge on any atom is 0.255 e. The van der Waals surface area contributed by atoms with E-state index in [2.05, 4.69) is 73.8 Å². The van der Waals surface area contributed by atoms with Gasteiger partial charge in [0.15, 0.2) is 16.6 Å². The highest BCUT2D eigenvalue weighted by molar-refractivity contribution is 6.74. The van der Waals surface area contributed by atoms with E-state index in [-0.39, 0.29) is 21.7 Å². The number of nitriles is 1. The molecule has 41 heavy (non-hydrogen) atoms. The van der Waals surface area contributed by atoms with Crippen molar-refractivity contribution < 1.29 is 13.6 Å². The monoisotopic (exact) mass is 594 g/mol. The summed E-state index contributed by atoms with van der Waals surface area (Å²) in [6, 6.07) is 11.2. The first-order chi connectivity index (χ1) is 18.7. The summed E-state index contributed by atoms with van der Waals surface area (Å²) in [7, 11) is -3.96. The van der Waals surface area contributed by atoms with E-state index in [1.54, 1.807) is 28.8 Å².